The lowest BCUT2D eigenvalue weighted by Gasteiger charge is -2.22. The number of hydrogen-bond acceptors (Lipinski definition) is 4. The quantitative estimate of drug-likeness (QED) is 0.347. The maximum atomic E-state index is 12.6. The maximum absolute atomic E-state index is 12.6. The van der Waals surface area contributed by atoms with E-state index in [2.05, 4.69) is 0 Å². The number of nitrogens with two attached hydrogens (primary N) is 1. The van der Waals surface area contributed by atoms with Gasteiger partial charge in [-0.3, -0.25) is 14.5 Å². The zero-order valence-electron chi connectivity index (χ0n) is 17.5. The standard InChI is InChI=1S/C22H26N4O4S/c1-3-10-31(29,30)26(14-21(27)28)18-8-9-20-17(12-18)13-19(25(20)2)11-15-4-6-16(7-5-15)22(23)24/h4-9,12-13H,3,10-11,14H2,1-2H3,(H3,23,24)(H,27,28). The Balaban J connectivity index is 1.97. The summed E-state index contributed by atoms with van der Waals surface area (Å²) in [5.74, 6) is -1.30. The summed E-state index contributed by atoms with van der Waals surface area (Å²) in [7, 11) is -1.80. The van der Waals surface area contributed by atoms with Crippen LogP contribution in [0, 0.1) is 5.41 Å². The number of carbonyl (C=O) groups is 1. The number of carboxylic acids is 1. The van der Waals surface area contributed by atoms with E-state index in [0.717, 1.165) is 26.5 Å². The van der Waals surface area contributed by atoms with E-state index in [1.165, 1.54) is 0 Å². The minimum atomic E-state index is -3.73. The third-order valence-corrected chi connectivity index (χ3v) is 7.08. The average Bonchev–Trinajstić information content (AvgIpc) is 3.01. The van der Waals surface area contributed by atoms with E-state index in [0.29, 0.717) is 24.1 Å². The van der Waals surface area contributed by atoms with E-state index >= 15 is 0 Å². The number of rotatable bonds is 9. The monoisotopic (exact) mass is 442 g/mol. The Labute approximate surface area is 181 Å². The molecule has 0 unspecified atom stereocenters. The van der Waals surface area contributed by atoms with Crippen molar-refractivity contribution in [2.24, 2.45) is 12.8 Å². The SMILES string of the molecule is CCCS(=O)(=O)N(CC(=O)O)c1ccc2c(c1)cc(Cc1ccc(C(=N)N)cc1)n2C. The van der Waals surface area contributed by atoms with Gasteiger partial charge >= 0.3 is 5.97 Å². The Morgan fingerprint density at radius 3 is 2.42 bits per heavy atom. The highest BCUT2D eigenvalue weighted by molar-refractivity contribution is 7.92. The number of nitrogens with one attached hydrogen (secondary N) is 1. The van der Waals surface area contributed by atoms with Crippen LogP contribution in [0.1, 0.15) is 30.2 Å². The van der Waals surface area contributed by atoms with Crippen molar-refractivity contribution in [3.63, 3.8) is 0 Å². The summed E-state index contributed by atoms with van der Waals surface area (Å²) in [4.78, 5) is 11.3. The molecule has 0 aliphatic rings. The van der Waals surface area contributed by atoms with E-state index in [4.69, 9.17) is 11.1 Å². The molecule has 0 spiro atoms. The van der Waals surface area contributed by atoms with Crippen LogP contribution in [0.4, 0.5) is 5.69 Å². The van der Waals surface area contributed by atoms with Gasteiger partial charge in [-0.25, -0.2) is 8.42 Å². The molecule has 0 fully saturated rings. The highest BCUT2D eigenvalue weighted by Crippen LogP contribution is 2.28. The van der Waals surface area contributed by atoms with Crippen molar-refractivity contribution < 1.29 is 18.3 Å². The number of carboxylic acid groups (broad SMARTS) is 1. The topological polar surface area (TPSA) is 129 Å². The third-order valence-electron chi connectivity index (χ3n) is 5.14. The highest BCUT2D eigenvalue weighted by atomic mass is 32.2. The van der Waals surface area contributed by atoms with E-state index in [1.807, 2.05) is 35.9 Å². The number of hydrogen-bond donors (Lipinski definition) is 3. The molecule has 31 heavy (non-hydrogen) atoms. The molecule has 3 aromatic rings. The second-order valence-electron chi connectivity index (χ2n) is 7.44. The number of nitrogen functional groups attached to an aromatic ring is 1. The van der Waals surface area contributed by atoms with Crippen LogP contribution >= 0.6 is 0 Å². The van der Waals surface area contributed by atoms with Crippen molar-refractivity contribution in [2.75, 3.05) is 16.6 Å². The Kier molecular flexibility index (Phi) is 6.35. The first kappa shape index (κ1) is 22.4. The predicted octanol–water partition coefficient (Wildman–Crippen LogP) is 2.68. The zero-order valence-corrected chi connectivity index (χ0v) is 18.3. The first-order valence-electron chi connectivity index (χ1n) is 9.86. The van der Waals surface area contributed by atoms with Gasteiger partial charge in [0.05, 0.1) is 11.4 Å². The molecule has 9 heteroatoms. The maximum Gasteiger partial charge on any atom is 0.324 e. The Morgan fingerprint density at radius 2 is 1.84 bits per heavy atom. The van der Waals surface area contributed by atoms with Gasteiger partial charge in [0, 0.05) is 35.6 Å². The van der Waals surface area contributed by atoms with E-state index in [9.17, 15) is 18.3 Å². The van der Waals surface area contributed by atoms with Crippen molar-refractivity contribution in [2.45, 2.75) is 19.8 Å². The van der Waals surface area contributed by atoms with Crippen LogP contribution in [0.15, 0.2) is 48.5 Å². The fourth-order valence-corrected chi connectivity index (χ4v) is 5.05. The fourth-order valence-electron chi connectivity index (χ4n) is 3.57. The van der Waals surface area contributed by atoms with Crippen LogP contribution in [0.5, 0.6) is 0 Å². The zero-order chi connectivity index (χ0) is 22.8. The number of nitrogens with zero attached hydrogens (tertiary/aromatic N) is 2. The Morgan fingerprint density at radius 1 is 1.16 bits per heavy atom. The number of aryl methyl sites for hydroxylation is 1. The van der Waals surface area contributed by atoms with E-state index in [-0.39, 0.29) is 11.6 Å². The van der Waals surface area contributed by atoms with Gasteiger partial charge < -0.3 is 15.4 Å². The van der Waals surface area contributed by atoms with Crippen LogP contribution in [0.25, 0.3) is 10.9 Å². The van der Waals surface area contributed by atoms with Crippen molar-refractivity contribution in [3.8, 4) is 0 Å². The normalized spacial score (nSPS) is 11.5. The molecule has 2 aromatic carbocycles. The van der Waals surface area contributed by atoms with Gasteiger partial charge in [-0.1, -0.05) is 31.2 Å². The number of aliphatic carboxylic acids is 1. The molecule has 0 amide bonds. The predicted molar refractivity (Wildman–Crippen MR) is 122 cm³/mol. The lowest BCUT2D eigenvalue weighted by atomic mass is 10.1. The summed E-state index contributed by atoms with van der Waals surface area (Å²) in [5, 5.41) is 17.5. The molecule has 164 valence electrons. The van der Waals surface area contributed by atoms with Crippen molar-refractivity contribution in [1.82, 2.24) is 4.57 Å². The summed E-state index contributed by atoms with van der Waals surface area (Å²) in [6.45, 7) is 1.13. The highest BCUT2D eigenvalue weighted by Gasteiger charge is 2.24. The van der Waals surface area contributed by atoms with Crippen LogP contribution in [0.2, 0.25) is 0 Å². The molecule has 0 aliphatic carbocycles. The molecule has 0 atom stereocenters. The van der Waals surface area contributed by atoms with Gasteiger partial charge in [-0.2, -0.15) is 0 Å². The minimum Gasteiger partial charge on any atom is -0.480 e. The molecule has 0 aliphatic heterocycles. The van der Waals surface area contributed by atoms with Crippen LogP contribution in [-0.2, 0) is 28.3 Å². The molecular weight excluding hydrogens is 416 g/mol. The molecular formula is C22H26N4O4S. The molecule has 0 saturated carbocycles. The van der Waals surface area contributed by atoms with Crippen molar-refractivity contribution in [3.05, 3.63) is 65.4 Å². The second kappa shape index (κ2) is 8.81. The largest absolute Gasteiger partial charge is 0.480 e. The molecule has 4 N–H and O–H groups in total. The lowest BCUT2D eigenvalue weighted by molar-refractivity contribution is -0.135. The van der Waals surface area contributed by atoms with Crippen molar-refractivity contribution >= 4 is 38.4 Å². The average molecular weight is 443 g/mol. The van der Waals surface area contributed by atoms with E-state index in [1.54, 1.807) is 31.2 Å². The summed E-state index contributed by atoms with van der Waals surface area (Å²) in [5.41, 5.74) is 9.49. The van der Waals surface area contributed by atoms with Crippen LogP contribution in [0.3, 0.4) is 0 Å². The van der Waals surface area contributed by atoms with Crippen LogP contribution < -0.4 is 10.0 Å². The molecule has 0 bridgehead atoms. The molecule has 0 radical (unpaired) electrons. The Bertz CT molecular complexity index is 1230. The number of sulfonamides is 1. The van der Waals surface area contributed by atoms with Gasteiger partial charge in [-0.15, -0.1) is 0 Å². The molecule has 0 saturated heterocycles. The lowest BCUT2D eigenvalue weighted by Crippen LogP contribution is -2.37. The first-order valence-corrected chi connectivity index (χ1v) is 11.5. The number of aromatic nitrogens is 1. The smallest absolute Gasteiger partial charge is 0.324 e. The number of amidine groups is 1. The summed E-state index contributed by atoms with van der Waals surface area (Å²) < 4.78 is 28.2. The van der Waals surface area contributed by atoms with Gasteiger partial charge in [0.2, 0.25) is 10.0 Å². The van der Waals surface area contributed by atoms with Gasteiger partial charge in [0.1, 0.15) is 12.4 Å². The van der Waals surface area contributed by atoms with Gasteiger partial charge in [0.25, 0.3) is 0 Å². The third kappa shape index (κ3) is 4.88. The molecule has 8 nitrogen and oxygen atoms in total. The number of benzene rings is 2. The number of anilines is 1. The summed E-state index contributed by atoms with van der Waals surface area (Å²) in [6, 6.07) is 14.6. The molecule has 1 aromatic heterocycles. The number of fused-ring (bicyclic) bond motifs is 1. The molecule has 3 rings (SSSR count). The summed E-state index contributed by atoms with van der Waals surface area (Å²) in [6.07, 6.45) is 1.05. The molecule has 1 heterocycles. The Hall–Kier alpha value is -3.33. The van der Waals surface area contributed by atoms with Gasteiger partial charge in [-0.05, 0) is 36.2 Å². The van der Waals surface area contributed by atoms with E-state index < -0.39 is 22.5 Å². The van der Waals surface area contributed by atoms with Crippen LogP contribution in [-0.4, -0.2) is 42.2 Å². The van der Waals surface area contributed by atoms with Crippen molar-refractivity contribution in [1.29, 1.82) is 5.41 Å². The minimum absolute atomic E-state index is 0.0209. The van der Waals surface area contributed by atoms with Gasteiger partial charge in [0.15, 0.2) is 0 Å². The fraction of sp³-hybridized carbons (Fsp3) is 0.273. The first-order chi connectivity index (χ1) is 14.6. The summed E-state index contributed by atoms with van der Waals surface area (Å²) >= 11 is 0. The second-order valence-corrected chi connectivity index (χ2v) is 9.45.